The van der Waals surface area contributed by atoms with Crippen LogP contribution in [0.5, 0.6) is 5.75 Å². The Morgan fingerprint density at radius 1 is 1.42 bits per heavy atom. The molecule has 19 heavy (non-hydrogen) atoms. The Hall–Kier alpha value is -1.59. The number of hydrogen-bond donors (Lipinski definition) is 1. The molecule has 0 radical (unpaired) electrons. The van der Waals surface area contributed by atoms with Gasteiger partial charge in [-0.2, -0.15) is 0 Å². The summed E-state index contributed by atoms with van der Waals surface area (Å²) in [7, 11) is 3.49. The molecule has 1 N–H and O–H groups in total. The minimum absolute atomic E-state index is 0.155. The standard InChI is InChI=1S/C13H17ClN4O/c1-8(15-3)13-9(2)18(17-16-13)10-5-6-12(19-4)11(14)7-10/h5-8,15H,1-4H3. The molecule has 1 unspecified atom stereocenters. The SMILES string of the molecule is CNC(C)c1nnn(-c2ccc(OC)c(Cl)c2)c1C. The molecule has 0 aliphatic rings. The summed E-state index contributed by atoms with van der Waals surface area (Å²) in [6, 6.07) is 5.69. The van der Waals surface area contributed by atoms with Crippen molar-refractivity contribution in [2.75, 3.05) is 14.2 Å². The van der Waals surface area contributed by atoms with Crippen LogP contribution < -0.4 is 10.1 Å². The fourth-order valence-electron chi connectivity index (χ4n) is 1.91. The van der Waals surface area contributed by atoms with E-state index < -0.39 is 0 Å². The molecule has 102 valence electrons. The van der Waals surface area contributed by atoms with Crippen LogP contribution in [0.1, 0.15) is 24.4 Å². The number of benzene rings is 1. The summed E-state index contributed by atoms with van der Waals surface area (Å²) in [6.07, 6.45) is 0. The Morgan fingerprint density at radius 3 is 2.74 bits per heavy atom. The lowest BCUT2D eigenvalue weighted by molar-refractivity contribution is 0.415. The van der Waals surface area contributed by atoms with Gasteiger partial charge in [0, 0.05) is 0 Å². The predicted molar refractivity (Wildman–Crippen MR) is 75.1 cm³/mol. The maximum absolute atomic E-state index is 6.13. The van der Waals surface area contributed by atoms with Crippen molar-refractivity contribution in [3.05, 3.63) is 34.6 Å². The third-order valence-corrected chi connectivity index (χ3v) is 3.45. The topological polar surface area (TPSA) is 52.0 Å². The third-order valence-electron chi connectivity index (χ3n) is 3.15. The van der Waals surface area contributed by atoms with Gasteiger partial charge in [-0.15, -0.1) is 5.10 Å². The molecule has 2 rings (SSSR count). The Labute approximate surface area is 117 Å². The third kappa shape index (κ3) is 2.57. The van der Waals surface area contributed by atoms with Crippen LogP contribution in [0.25, 0.3) is 5.69 Å². The first kappa shape index (κ1) is 13.8. The highest BCUT2D eigenvalue weighted by Gasteiger charge is 2.15. The number of hydrogen-bond acceptors (Lipinski definition) is 4. The molecule has 1 atom stereocenters. The van der Waals surface area contributed by atoms with Gasteiger partial charge in [-0.05, 0) is 39.1 Å². The van der Waals surface area contributed by atoms with Crippen LogP contribution in [0.2, 0.25) is 5.02 Å². The van der Waals surface area contributed by atoms with Crippen molar-refractivity contribution < 1.29 is 4.74 Å². The van der Waals surface area contributed by atoms with Gasteiger partial charge in [0.25, 0.3) is 0 Å². The normalized spacial score (nSPS) is 12.5. The van der Waals surface area contributed by atoms with Gasteiger partial charge in [0.05, 0.1) is 29.6 Å². The lowest BCUT2D eigenvalue weighted by Crippen LogP contribution is -2.14. The second-order valence-electron chi connectivity index (χ2n) is 4.30. The Balaban J connectivity index is 2.42. The molecule has 1 aromatic carbocycles. The van der Waals surface area contributed by atoms with Crippen LogP contribution in [0.3, 0.4) is 0 Å². The zero-order chi connectivity index (χ0) is 14.0. The molecule has 0 saturated carbocycles. The molecule has 1 heterocycles. The van der Waals surface area contributed by atoms with Crippen molar-refractivity contribution >= 4 is 11.6 Å². The summed E-state index contributed by atoms with van der Waals surface area (Å²) in [4.78, 5) is 0. The zero-order valence-corrected chi connectivity index (χ0v) is 12.2. The smallest absolute Gasteiger partial charge is 0.137 e. The highest BCUT2D eigenvalue weighted by atomic mass is 35.5. The van der Waals surface area contributed by atoms with Crippen LogP contribution in [0.4, 0.5) is 0 Å². The van der Waals surface area contributed by atoms with E-state index in [0.717, 1.165) is 17.1 Å². The minimum atomic E-state index is 0.155. The summed E-state index contributed by atoms with van der Waals surface area (Å²) in [6.45, 7) is 4.03. The lowest BCUT2D eigenvalue weighted by Gasteiger charge is -2.09. The Kier molecular flexibility index (Phi) is 4.07. The molecule has 0 saturated heterocycles. The average molecular weight is 281 g/mol. The number of methoxy groups -OCH3 is 1. The maximum atomic E-state index is 6.13. The number of nitrogens with zero attached hydrogens (tertiary/aromatic N) is 3. The van der Waals surface area contributed by atoms with Crippen LogP contribution in [-0.2, 0) is 0 Å². The van der Waals surface area contributed by atoms with E-state index in [1.54, 1.807) is 11.8 Å². The number of aromatic nitrogens is 3. The highest BCUT2D eigenvalue weighted by Crippen LogP contribution is 2.27. The van der Waals surface area contributed by atoms with Gasteiger partial charge in [-0.1, -0.05) is 16.8 Å². The summed E-state index contributed by atoms with van der Waals surface area (Å²) < 4.78 is 6.91. The maximum Gasteiger partial charge on any atom is 0.137 e. The van der Waals surface area contributed by atoms with Gasteiger partial charge in [-0.3, -0.25) is 0 Å². The van der Waals surface area contributed by atoms with Gasteiger partial charge in [0.1, 0.15) is 11.4 Å². The summed E-state index contributed by atoms with van der Waals surface area (Å²) >= 11 is 6.13. The summed E-state index contributed by atoms with van der Waals surface area (Å²) in [5.74, 6) is 0.645. The lowest BCUT2D eigenvalue weighted by atomic mass is 10.2. The van der Waals surface area contributed by atoms with Gasteiger partial charge >= 0.3 is 0 Å². The Morgan fingerprint density at radius 2 is 2.16 bits per heavy atom. The average Bonchev–Trinajstić information content (AvgIpc) is 2.79. The van der Waals surface area contributed by atoms with E-state index in [1.807, 2.05) is 39.1 Å². The molecule has 0 amide bonds. The molecule has 0 fully saturated rings. The number of rotatable bonds is 4. The van der Waals surface area contributed by atoms with E-state index in [9.17, 15) is 0 Å². The van der Waals surface area contributed by atoms with E-state index in [2.05, 4.69) is 15.6 Å². The molecule has 0 bridgehead atoms. The van der Waals surface area contributed by atoms with Crippen LogP contribution >= 0.6 is 11.6 Å². The van der Waals surface area contributed by atoms with Gasteiger partial charge in [-0.25, -0.2) is 4.68 Å². The van der Waals surface area contributed by atoms with Crippen molar-refractivity contribution in [2.24, 2.45) is 0 Å². The quantitative estimate of drug-likeness (QED) is 0.935. The predicted octanol–water partition coefficient (Wildman–Crippen LogP) is 2.52. The molecule has 6 heteroatoms. The van der Waals surface area contributed by atoms with Crippen molar-refractivity contribution in [2.45, 2.75) is 19.9 Å². The second kappa shape index (κ2) is 5.59. The van der Waals surface area contributed by atoms with Crippen LogP contribution in [0, 0.1) is 6.92 Å². The molecular formula is C13H17ClN4O. The van der Waals surface area contributed by atoms with E-state index in [1.165, 1.54) is 0 Å². The van der Waals surface area contributed by atoms with Crippen molar-refractivity contribution in [3.8, 4) is 11.4 Å². The Bertz CT molecular complexity index is 582. The van der Waals surface area contributed by atoms with Gasteiger partial charge in [0.15, 0.2) is 0 Å². The molecule has 0 aliphatic carbocycles. The zero-order valence-electron chi connectivity index (χ0n) is 11.4. The molecular weight excluding hydrogens is 264 g/mol. The number of ether oxygens (including phenoxy) is 1. The molecule has 0 aliphatic heterocycles. The van der Waals surface area contributed by atoms with Crippen LogP contribution in [0.15, 0.2) is 18.2 Å². The summed E-state index contributed by atoms with van der Waals surface area (Å²) in [5, 5.41) is 12.1. The highest BCUT2D eigenvalue weighted by molar-refractivity contribution is 6.32. The number of nitrogens with one attached hydrogen (secondary N) is 1. The second-order valence-corrected chi connectivity index (χ2v) is 4.71. The first-order valence-corrected chi connectivity index (χ1v) is 6.39. The van der Waals surface area contributed by atoms with Crippen LogP contribution in [-0.4, -0.2) is 29.2 Å². The molecule has 2 aromatic rings. The fraction of sp³-hybridized carbons (Fsp3) is 0.385. The fourth-order valence-corrected chi connectivity index (χ4v) is 2.16. The molecule has 1 aromatic heterocycles. The van der Waals surface area contributed by atoms with Crippen molar-refractivity contribution in [1.82, 2.24) is 20.3 Å². The van der Waals surface area contributed by atoms with E-state index >= 15 is 0 Å². The van der Waals surface area contributed by atoms with E-state index in [4.69, 9.17) is 16.3 Å². The van der Waals surface area contributed by atoms with E-state index in [-0.39, 0.29) is 6.04 Å². The summed E-state index contributed by atoms with van der Waals surface area (Å²) in [5.41, 5.74) is 2.78. The minimum Gasteiger partial charge on any atom is -0.495 e. The first-order chi connectivity index (χ1) is 9.08. The van der Waals surface area contributed by atoms with E-state index in [0.29, 0.717) is 10.8 Å². The molecule has 5 nitrogen and oxygen atoms in total. The van der Waals surface area contributed by atoms with Crippen molar-refractivity contribution in [1.29, 1.82) is 0 Å². The monoisotopic (exact) mass is 280 g/mol. The largest absolute Gasteiger partial charge is 0.495 e. The molecule has 0 spiro atoms. The van der Waals surface area contributed by atoms with Crippen molar-refractivity contribution in [3.63, 3.8) is 0 Å². The van der Waals surface area contributed by atoms with Gasteiger partial charge < -0.3 is 10.1 Å². The number of halogens is 1. The van der Waals surface area contributed by atoms with Gasteiger partial charge in [0.2, 0.25) is 0 Å². The first-order valence-electron chi connectivity index (χ1n) is 6.01.